The molecule has 3 N–H and O–H groups in total. The van der Waals surface area contributed by atoms with Crippen LogP contribution in [0.5, 0.6) is 0 Å². The molecule has 0 aromatic heterocycles. The topological polar surface area (TPSA) is 104 Å². The monoisotopic (exact) mass is 237 g/mol. The molecule has 0 radical (unpaired) electrons. The molecule has 0 aromatic carbocycles. The van der Waals surface area contributed by atoms with Gasteiger partial charge in [-0.15, -0.1) is 0 Å². The number of aliphatic carboxylic acids is 2. The Labute approximate surface area is 96.9 Å². The Balaban J connectivity index is 3.21. The first-order valence-corrected chi connectivity index (χ1v) is 4.71. The smallest absolute Gasteiger partial charge is 0.334 e. The van der Waals surface area contributed by atoms with Gasteiger partial charge in [-0.25, -0.2) is 4.79 Å². The molecule has 1 aliphatic rings. The lowest BCUT2D eigenvalue weighted by atomic mass is 9.80. The number of hydrogen-bond acceptors (Lipinski definition) is 3. The summed E-state index contributed by atoms with van der Waals surface area (Å²) in [5.74, 6) is -4.90. The van der Waals surface area contributed by atoms with Crippen molar-refractivity contribution in [3.8, 4) is 0 Å². The fourth-order valence-corrected chi connectivity index (χ4v) is 1.55. The van der Waals surface area contributed by atoms with E-state index in [1.165, 1.54) is 18.2 Å². The number of carbonyl (C=O) groups is 3. The van der Waals surface area contributed by atoms with Gasteiger partial charge in [0.1, 0.15) is 5.92 Å². The van der Waals surface area contributed by atoms with Crippen LogP contribution < -0.4 is 5.32 Å². The molecular formula is C11H11NO5. The van der Waals surface area contributed by atoms with Crippen LogP contribution in [0.15, 0.2) is 37.0 Å². The van der Waals surface area contributed by atoms with Crippen molar-refractivity contribution in [1.82, 2.24) is 5.32 Å². The van der Waals surface area contributed by atoms with Crippen LogP contribution in [0.1, 0.15) is 0 Å². The van der Waals surface area contributed by atoms with Crippen molar-refractivity contribution in [2.24, 2.45) is 5.92 Å². The van der Waals surface area contributed by atoms with Gasteiger partial charge in [-0.05, 0) is 12.2 Å². The van der Waals surface area contributed by atoms with E-state index in [1.807, 2.05) is 0 Å². The Morgan fingerprint density at radius 1 is 1.29 bits per heavy atom. The van der Waals surface area contributed by atoms with E-state index in [-0.39, 0.29) is 0 Å². The number of allylic oxidation sites excluding steroid dienone is 2. The number of carbonyl (C=O) groups excluding carboxylic acids is 1. The van der Waals surface area contributed by atoms with Crippen LogP contribution in [0.2, 0.25) is 0 Å². The van der Waals surface area contributed by atoms with Crippen molar-refractivity contribution >= 4 is 17.8 Å². The first kappa shape index (κ1) is 12.7. The highest BCUT2D eigenvalue weighted by molar-refractivity contribution is 5.98. The predicted octanol–water partition coefficient (Wildman–Crippen LogP) is -0.0612. The molecule has 0 bridgehead atoms. The third-order valence-electron chi connectivity index (χ3n) is 2.40. The summed E-state index contributed by atoms with van der Waals surface area (Å²) in [6, 6.07) is 0. The van der Waals surface area contributed by atoms with E-state index in [0.29, 0.717) is 0 Å². The quantitative estimate of drug-likeness (QED) is 0.594. The van der Waals surface area contributed by atoms with Crippen LogP contribution in [0, 0.1) is 5.92 Å². The molecule has 2 atom stereocenters. The van der Waals surface area contributed by atoms with Crippen LogP contribution in [-0.2, 0) is 14.4 Å². The molecule has 6 nitrogen and oxygen atoms in total. The van der Waals surface area contributed by atoms with E-state index in [0.717, 1.165) is 12.2 Å². The van der Waals surface area contributed by atoms with Gasteiger partial charge in [0.15, 0.2) is 5.54 Å². The molecule has 0 saturated heterocycles. The second kappa shape index (κ2) is 4.65. The minimum Gasteiger partial charge on any atom is -0.481 e. The van der Waals surface area contributed by atoms with Crippen molar-refractivity contribution in [2.45, 2.75) is 5.54 Å². The third kappa shape index (κ3) is 2.25. The van der Waals surface area contributed by atoms with E-state index >= 15 is 0 Å². The maximum Gasteiger partial charge on any atom is 0.334 e. The van der Waals surface area contributed by atoms with Gasteiger partial charge >= 0.3 is 11.9 Å². The van der Waals surface area contributed by atoms with Crippen LogP contribution in [0.3, 0.4) is 0 Å². The highest BCUT2D eigenvalue weighted by Gasteiger charge is 2.48. The van der Waals surface area contributed by atoms with Gasteiger partial charge in [-0.2, -0.15) is 0 Å². The number of amides is 1. The zero-order valence-corrected chi connectivity index (χ0v) is 8.79. The number of carboxylic acids is 2. The van der Waals surface area contributed by atoms with Crippen molar-refractivity contribution < 1.29 is 24.6 Å². The summed E-state index contributed by atoms with van der Waals surface area (Å²) < 4.78 is 0. The molecule has 0 spiro atoms. The van der Waals surface area contributed by atoms with Gasteiger partial charge in [0, 0.05) is 0 Å². The second-order valence-corrected chi connectivity index (χ2v) is 3.43. The lowest BCUT2D eigenvalue weighted by Gasteiger charge is -2.32. The molecule has 0 aliphatic heterocycles. The molecule has 90 valence electrons. The SMILES string of the molecule is C=CC(=O)NC1(C(=O)O)C=CC=CC1C(=O)O. The van der Waals surface area contributed by atoms with Gasteiger partial charge in [-0.3, -0.25) is 9.59 Å². The average molecular weight is 237 g/mol. The summed E-state index contributed by atoms with van der Waals surface area (Å²) in [6.45, 7) is 3.19. The van der Waals surface area contributed by atoms with Gasteiger partial charge < -0.3 is 15.5 Å². The molecule has 0 heterocycles. The molecule has 0 saturated carbocycles. The summed E-state index contributed by atoms with van der Waals surface area (Å²) in [6.07, 6.45) is 6.02. The number of rotatable bonds is 4. The molecule has 1 amide bonds. The molecule has 1 rings (SSSR count). The number of carboxylic acid groups (broad SMARTS) is 2. The van der Waals surface area contributed by atoms with E-state index < -0.39 is 29.3 Å². The Kier molecular flexibility index (Phi) is 3.47. The van der Waals surface area contributed by atoms with Crippen LogP contribution in [0.25, 0.3) is 0 Å². The third-order valence-corrected chi connectivity index (χ3v) is 2.40. The zero-order valence-electron chi connectivity index (χ0n) is 8.79. The van der Waals surface area contributed by atoms with E-state index in [9.17, 15) is 14.4 Å². The first-order valence-electron chi connectivity index (χ1n) is 4.71. The second-order valence-electron chi connectivity index (χ2n) is 3.43. The van der Waals surface area contributed by atoms with E-state index in [4.69, 9.17) is 10.2 Å². The summed E-state index contributed by atoms with van der Waals surface area (Å²) in [4.78, 5) is 33.5. The first-order chi connectivity index (χ1) is 7.94. The Morgan fingerprint density at radius 3 is 2.41 bits per heavy atom. The lowest BCUT2D eigenvalue weighted by molar-refractivity contribution is -0.154. The summed E-state index contributed by atoms with van der Waals surface area (Å²) in [5.41, 5.74) is -1.98. The van der Waals surface area contributed by atoms with E-state index in [2.05, 4.69) is 11.9 Å². The molecular weight excluding hydrogens is 226 g/mol. The van der Waals surface area contributed by atoms with Gasteiger partial charge in [0.25, 0.3) is 0 Å². The Bertz CT molecular complexity index is 437. The normalized spacial score (nSPS) is 26.2. The van der Waals surface area contributed by atoms with Crippen molar-refractivity contribution in [1.29, 1.82) is 0 Å². The van der Waals surface area contributed by atoms with Crippen molar-refractivity contribution in [3.05, 3.63) is 37.0 Å². The molecule has 1 aliphatic carbocycles. The lowest BCUT2D eigenvalue weighted by Crippen LogP contribution is -2.59. The molecule has 0 fully saturated rings. The fourth-order valence-electron chi connectivity index (χ4n) is 1.55. The van der Waals surface area contributed by atoms with Crippen LogP contribution in [-0.4, -0.2) is 33.6 Å². The molecule has 0 aromatic rings. The summed E-state index contributed by atoms with van der Waals surface area (Å²) >= 11 is 0. The Hall–Kier alpha value is -2.37. The molecule has 17 heavy (non-hydrogen) atoms. The van der Waals surface area contributed by atoms with Gasteiger partial charge in [0.05, 0.1) is 0 Å². The summed E-state index contributed by atoms with van der Waals surface area (Å²) in [5, 5.41) is 20.3. The van der Waals surface area contributed by atoms with Crippen molar-refractivity contribution in [3.63, 3.8) is 0 Å². The van der Waals surface area contributed by atoms with E-state index in [1.54, 1.807) is 0 Å². The van der Waals surface area contributed by atoms with Crippen LogP contribution >= 0.6 is 0 Å². The Morgan fingerprint density at radius 2 is 1.94 bits per heavy atom. The average Bonchev–Trinajstić information content (AvgIpc) is 2.28. The largest absolute Gasteiger partial charge is 0.481 e. The molecule has 6 heteroatoms. The number of hydrogen-bond donors (Lipinski definition) is 3. The maximum absolute atomic E-state index is 11.2. The summed E-state index contributed by atoms with van der Waals surface area (Å²) in [7, 11) is 0. The highest BCUT2D eigenvalue weighted by Crippen LogP contribution is 2.25. The predicted molar refractivity (Wildman–Crippen MR) is 58.1 cm³/mol. The minimum absolute atomic E-state index is 0.751. The minimum atomic E-state index is -1.98. The highest BCUT2D eigenvalue weighted by atomic mass is 16.4. The van der Waals surface area contributed by atoms with Crippen molar-refractivity contribution in [2.75, 3.05) is 0 Å². The standard InChI is InChI=1S/C11H11NO5/c1-2-8(13)12-11(10(16)17)6-4-3-5-7(11)9(14)15/h2-7H,1H2,(H,12,13)(H,14,15)(H,16,17). The number of nitrogens with one attached hydrogen (secondary N) is 1. The zero-order chi connectivity index (χ0) is 13.1. The van der Waals surface area contributed by atoms with Gasteiger partial charge in [-0.1, -0.05) is 24.8 Å². The fraction of sp³-hybridized carbons (Fsp3) is 0.182. The molecule has 2 unspecified atom stereocenters. The van der Waals surface area contributed by atoms with Crippen LogP contribution in [0.4, 0.5) is 0 Å². The maximum atomic E-state index is 11.2. The van der Waals surface area contributed by atoms with Gasteiger partial charge in [0.2, 0.25) is 5.91 Å².